The highest BCUT2D eigenvalue weighted by Gasteiger charge is 2.21. The van der Waals surface area contributed by atoms with Crippen LogP contribution in [0.25, 0.3) is 127 Å². The third-order valence-electron chi connectivity index (χ3n) is 11.8. The predicted octanol–water partition coefficient (Wildman–Crippen LogP) is 14.1. The average Bonchev–Trinajstić information content (AvgIpc) is 3.97. The molecular formula is C53H30N4O2. The third-order valence-corrected chi connectivity index (χ3v) is 11.8. The second-order valence-corrected chi connectivity index (χ2v) is 15.2. The normalized spacial score (nSPS) is 12.1. The average molecular weight is 755 g/mol. The fraction of sp³-hybridized carbons (Fsp3) is 0. The maximum Gasteiger partial charge on any atom is 0.167 e. The summed E-state index contributed by atoms with van der Waals surface area (Å²) < 4.78 is 15.4. The van der Waals surface area contributed by atoms with Crippen molar-refractivity contribution in [1.82, 2.24) is 19.5 Å². The van der Waals surface area contributed by atoms with Gasteiger partial charge in [-0.15, -0.1) is 0 Å². The minimum atomic E-state index is 0.539. The van der Waals surface area contributed by atoms with E-state index >= 15 is 0 Å². The van der Waals surface area contributed by atoms with Gasteiger partial charge in [0.25, 0.3) is 0 Å². The van der Waals surface area contributed by atoms with Crippen LogP contribution in [0.4, 0.5) is 0 Å². The Morgan fingerprint density at radius 1 is 0.356 bits per heavy atom. The number of nitrogens with zero attached hydrogens (tertiary/aromatic N) is 4. The van der Waals surface area contributed by atoms with Crippen molar-refractivity contribution >= 4 is 87.2 Å². The zero-order valence-electron chi connectivity index (χ0n) is 31.4. The molecule has 0 bridgehead atoms. The maximum absolute atomic E-state index is 6.90. The quantitative estimate of drug-likeness (QED) is 0.179. The van der Waals surface area contributed by atoms with Crippen LogP contribution >= 0.6 is 0 Å². The lowest BCUT2D eigenvalue weighted by Gasteiger charge is -2.09. The van der Waals surface area contributed by atoms with Crippen LogP contribution in [0.5, 0.6) is 0 Å². The van der Waals surface area contributed by atoms with Crippen molar-refractivity contribution in [3.63, 3.8) is 0 Å². The van der Waals surface area contributed by atoms with Gasteiger partial charge >= 0.3 is 0 Å². The number of para-hydroxylation sites is 2. The highest BCUT2D eigenvalue weighted by molar-refractivity contribution is 6.23. The van der Waals surface area contributed by atoms with Crippen molar-refractivity contribution in [2.24, 2.45) is 0 Å². The number of benzene rings is 9. The molecule has 59 heavy (non-hydrogen) atoms. The molecule has 4 aromatic heterocycles. The highest BCUT2D eigenvalue weighted by Crippen LogP contribution is 2.41. The first kappa shape index (κ1) is 32.0. The van der Waals surface area contributed by atoms with Gasteiger partial charge in [0.05, 0.1) is 16.6 Å². The molecule has 0 aliphatic carbocycles. The summed E-state index contributed by atoms with van der Waals surface area (Å²) in [6.07, 6.45) is 0. The van der Waals surface area contributed by atoms with Crippen LogP contribution in [0.3, 0.4) is 0 Å². The zero-order valence-corrected chi connectivity index (χ0v) is 31.4. The van der Waals surface area contributed by atoms with E-state index in [2.05, 4.69) is 120 Å². The highest BCUT2D eigenvalue weighted by atomic mass is 16.3. The topological polar surface area (TPSA) is 69.9 Å². The SMILES string of the molecule is c1ccc(-c2nc(-c3ccc4oc5ccccc5c4c3)nc(-c3cccc4c3oc3cc(-n5c6cc7ccccc7cc6c6c7ccccc7ccc65)ccc34)n2)cc1. The summed E-state index contributed by atoms with van der Waals surface area (Å²) in [6.45, 7) is 0. The molecule has 0 unspecified atom stereocenters. The van der Waals surface area contributed by atoms with E-state index in [-0.39, 0.29) is 0 Å². The van der Waals surface area contributed by atoms with Crippen LogP contribution in [0.2, 0.25) is 0 Å². The van der Waals surface area contributed by atoms with E-state index in [0.717, 1.165) is 77.3 Å². The minimum Gasteiger partial charge on any atom is -0.456 e. The van der Waals surface area contributed by atoms with Gasteiger partial charge < -0.3 is 13.4 Å². The summed E-state index contributed by atoms with van der Waals surface area (Å²) in [7, 11) is 0. The minimum absolute atomic E-state index is 0.539. The molecule has 0 fully saturated rings. The van der Waals surface area contributed by atoms with Crippen molar-refractivity contribution in [3.05, 3.63) is 182 Å². The van der Waals surface area contributed by atoms with Gasteiger partial charge in [-0.2, -0.15) is 0 Å². The van der Waals surface area contributed by atoms with Crippen LogP contribution in [0.15, 0.2) is 191 Å². The van der Waals surface area contributed by atoms with Crippen molar-refractivity contribution in [3.8, 4) is 39.9 Å². The summed E-state index contributed by atoms with van der Waals surface area (Å²) in [6, 6.07) is 63.4. The van der Waals surface area contributed by atoms with Gasteiger partial charge in [0, 0.05) is 55.2 Å². The van der Waals surface area contributed by atoms with Gasteiger partial charge in [0.15, 0.2) is 17.5 Å². The molecule has 0 spiro atoms. The van der Waals surface area contributed by atoms with E-state index in [0.29, 0.717) is 17.5 Å². The van der Waals surface area contributed by atoms with Crippen molar-refractivity contribution in [1.29, 1.82) is 0 Å². The number of aromatic nitrogens is 4. The first-order valence-corrected chi connectivity index (χ1v) is 19.8. The molecule has 274 valence electrons. The smallest absolute Gasteiger partial charge is 0.167 e. The molecule has 0 atom stereocenters. The molecular weight excluding hydrogens is 725 g/mol. The zero-order chi connectivity index (χ0) is 38.6. The van der Waals surface area contributed by atoms with Gasteiger partial charge in [-0.3, -0.25) is 0 Å². The summed E-state index contributed by atoms with van der Waals surface area (Å²) in [5, 5.41) is 11.4. The number of fused-ring (bicyclic) bond motifs is 12. The number of hydrogen-bond donors (Lipinski definition) is 0. The maximum atomic E-state index is 6.90. The molecule has 4 heterocycles. The number of rotatable bonds is 4. The monoisotopic (exact) mass is 754 g/mol. The Bertz CT molecular complexity index is 3860. The van der Waals surface area contributed by atoms with Crippen LogP contribution in [0.1, 0.15) is 0 Å². The van der Waals surface area contributed by atoms with Crippen LogP contribution in [-0.4, -0.2) is 19.5 Å². The van der Waals surface area contributed by atoms with Gasteiger partial charge in [0.1, 0.15) is 22.3 Å². The second-order valence-electron chi connectivity index (χ2n) is 15.2. The Hall–Kier alpha value is -8.09. The van der Waals surface area contributed by atoms with E-state index in [1.807, 2.05) is 66.7 Å². The molecule has 0 N–H and O–H groups in total. The van der Waals surface area contributed by atoms with Crippen molar-refractivity contribution in [2.45, 2.75) is 0 Å². The third kappa shape index (κ3) is 4.84. The Labute approximate surface area is 336 Å². The molecule has 0 saturated carbocycles. The Morgan fingerprint density at radius 3 is 1.93 bits per heavy atom. The van der Waals surface area contributed by atoms with Crippen LogP contribution < -0.4 is 0 Å². The van der Waals surface area contributed by atoms with Crippen molar-refractivity contribution < 1.29 is 8.83 Å². The predicted molar refractivity (Wildman–Crippen MR) is 240 cm³/mol. The molecule has 0 aliphatic heterocycles. The molecule has 13 rings (SSSR count). The van der Waals surface area contributed by atoms with E-state index < -0.39 is 0 Å². The number of furan rings is 2. The van der Waals surface area contributed by atoms with Crippen LogP contribution in [0, 0.1) is 0 Å². The van der Waals surface area contributed by atoms with E-state index in [1.165, 1.54) is 32.3 Å². The fourth-order valence-electron chi connectivity index (χ4n) is 9.06. The van der Waals surface area contributed by atoms with Gasteiger partial charge in [0.2, 0.25) is 0 Å². The van der Waals surface area contributed by atoms with E-state index in [1.54, 1.807) is 0 Å². The van der Waals surface area contributed by atoms with Crippen molar-refractivity contribution in [2.75, 3.05) is 0 Å². The van der Waals surface area contributed by atoms with Gasteiger partial charge in [-0.1, -0.05) is 115 Å². The fourth-order valence-corrected chi connectivity index (χ4v) is 9.06. The lowest BCUT2D eigenvalue weighted by atomic mass is 10.0. The first-order valence-electron chi connectivity index (χ1n) is 19.8. The summed E-state index contributed by atoms with van der Waals surface area (Å²) in [5.41, 5.74) is 9.09. The summed E-state index contributed by atoms with van der Waals surface area (Å²) >= 11 is 0. The second kappa shape index (κ2) is 12.2. The van der Waals surface area contributed by atoms with E-state index in [4.69, 9.17) is 23.8 Å². The molecule has 9 aromatic carbocycles. The Morgan fingerprint density at radius 2 is 1.05 bits per heavy atom. The first-order chi connectivity index (χ1) is 29.2. The Kier molecular flexibility index (Phi) is 6.63. The van der Waals surface area contributed by atoms with Gasteiger partial charge in [-0.05, 0) is 82.2 Å². The summed E-state index contributed by atoms with van der Waals surface area (Å²) in [4.78, 5) is 15.3. The molecule has 0 saturated heterocycles. The lowest BCUT2D eigenvalue weighted by molar-refractivity contribution is 0.669. The standard InChI is InChI=1S/C53H30N4O2/c1-2-12-32(13-3-1)51-54-52(35-22-26-47-42(28-35)38-17-8-9-20-46(38)58-47)56-53(55-51)41-19-10-18-40-39-24-23-36(30-48(39)59-50(40)41)57-44-25-21-31-11-6-7-16-37(31)49(44)43-27-33-14-4-5-15-34(33)29-45(43)57/h1-30H. The largest absolute Gasteiger partial charge is 0.456 e. The van der Waals surface area contributed by atoms with E-state index in [9.17, 15) is 0 Å². The number of hydrogen-bond acceptors (Lipinski definition) is 5. The molecule has 6 heteroatoms. The van der Waals surface area contributed by atoms with Gasteiger partial charge in [-0.25, -0.2) is 15.0 Å². The summed E-state index contributed by atoms with van der Waals surface area (Å²) in [5.74, 6) is 1.70. The van der Waals surface area contributed by atoms with Crippen LogP contribution in [-0.2, 0) is 0 Å². The molecule has 0 radical (unpaired) electrons. The molecule has 6 nitrogen and oxygen atoms in total. The lowest BCUT2D eigenvalue weighted by Crippen LogP contribution is -2.00. The molecule has 13 aromatic rings. The molecule has 0 aliphatic rings. The molecule has 0 amide bonds. The Balaban J connectivity index is 1.02.